The molecule has 2 rings (SSSR count). The van der Waals surface area contributed by atoms with Gasteiger partial charge in [0.05, 0.1) is 0 Å². The predicted octanol–water partition coefficient (Wildman–Crippen LogP) is 4.07. The molecule has 1 aliphatic carbocycles. The van der Waals surface area contributed by atoms with Crippen molar-refractivity contribution in [3.05, 3.63) is 65.8 Å². The number of aliphatic hydroxyl groups is 1. The van der Waals surface area contributed by atoms with Gasteiger partial charge in [-0.05, 0) is 6.42 Å². The summed E-state index contributed by atoms with van der Waals surface area (Å²) in [4.78, 5) is 11.7. The van der Waals surface area contributed by atoms with Crippen LogP contribution in [0.5, 0.6) is 0 Å². The third-order valence-corrected chi connectivity index (χ3v) is 2.39. The molecule has 1 aliphatic rings. The van der Waals surface area contributed by atoms with Gasteiger partial charge in [-0.3, -0.25) is 4.79 Å². The summed E-state index contributed by atoms with van der Waals surface area (Å²) in [6.45, 7) is 4.00. The SMILES string of the molecule is CC.O=C(/C=C(\O)c1ccccc1)C1=CCC=C1. The molecule has 2 heteroatoms. The van der Waals surface area contributed by atoms with Gasteiger partial charge in [0.25, 0.3) is 0 Å². The minimum absolute atomic E-state index is 0.00630. The highest BCUT2D eigenvalue weighted by atomic mass is 16.3. The van der Waals surface area contributed by atoms with E-state index >= 15 is 0 Å². The Bertz CT molecular complexity index is 479. The number of carbonyl (C=O) groups excluding carboxylic acids is 1. The third-order valence-electron chi connectivity index (χ3n) is 2.39. The van der Waals surface area contributed by atoms with Crippen LogP contribution in [0.25, 0.3) is 5.76 Å². The van der Waals surface area contributed by atoms with Crippen LogP contribution in [0.1, 0.15) is 25.8 Å². The van der Waals surface area contributed by atoms with Crippen molar-refractivity contribution in [2.75, 3.05) is 0 Å². The van der Waals surface area contributed by atoms with Gasteiger partial charge < -0.3 is 5.11 Å². The van der Waals surface area contributed by atoms with E-state index in [0.29, 0.717) is 11.1 Å². The van der Waals surface area contributed by atoms with Crippen LogP contribution in [0, 0.1) is 0 Å². The average molecular weight is 242 g/mol. The van der Waals surface area contributed by atoms with E-state index in [1.54, 1.807) is 18.2 Å². The minimum atomic E-state index is -0.157. The highest BCUT2D eigenvalue weighted by molar-refractivity contribution is 6.09. The van der Waals surface area contributed by atoms with E-state index in [4.69, 9.17) is 0 Å². The summed E-state index contributed by atoms with van der Waals surface area (Å²) >= 11 is 0. The quantitative estimate of drug-likeness (QED) is 0.641. The zero-order valence-corrected chi connectivity index (χ0v) is 10.8. The number of hydrogen-bond donors (Lipinski definition) is 1. The van der Waals surface area contributed by atoms with Crippen LogP contribution in [0.3, 0.4) is 0 Å². The van der Waals surface area contributed by atoms with E-state index in [2.05, 4.69) is 0 Å². The fourth-order valence-electron chi connectivity index (χ4n) is 1.54. The average Bonchev–Trinajstić information content (AvgIpc) is 2.96. The molecule has 18 heavy (non-hydrogen) atoms. The number of allylic oxidation sites excluding steroid dienone is 5. The molecular weight excluding hydrogens is 224 g/mol. The van der Waals surface area contributed by atoms with Gasteiger partial charge in [0, 0.05) is 17.2 Å². The first-order valence-electron chi connectivity index (χ1n) is 6.14. The topological polar surface area (TPSA) is 37.3 Å². The smallest absolute Gasteiger partial charge is 0.189 e. The summed E-state index contributed by atoms with van der Waals surface area (Å²) < 4.78 is 0. The molecule has 0 bridgehead atoms. The van der Waals surface area contributed by atoms with Crippen molar-refractivity contribution in [3.8, 4) is 0 Å². The Morgan fingerprint density at radius 2 is 1.89 bits per heavy atom. The molecule has 1 N–H and O–H groups in total. The molecule has 94 valence electrons. The Hall–Kier alpha value is -2.09. The molecule has 0 aliphatic heterocycles. The molecule has 0 aromatic heterocycles. The van der Waals surface area contributed by atoms with Crippen LogP contribution in [0.15, 0.2) is 60.2 Å². The Kier molecular flexibility index (Phi) is 5.65. The lowest BCUT2D eigenvalue weighted by Crippen LogP contribution is -1.96. The molecule has 0 radical (unpaired) electrons. The van der Waals surface area contributed by atoms with Gasteiger partial charge in [0.1, 0.15) is 5.76 Å². The molecule has 1 aromatic rings. The fourth-order valence-corrected chi connectivity index (χ4v) is 1.54. The molecule has 0 atom stereocenters. The number of carbonyl (C=O) groups is 1. The second kappa shape index (κ2) is 7.28. The first-order chi connectivity index (χ1) is 8.77. The van der Waals surface area contributed by atoms with E-state index in [1.165, 1.54) is 6.08 Å². The highest BCUT2D eigenvalue weighted by Gasteiger charge is 2.08. The Morgan fingerprint density at radius 1 is 1.22 bits per heavy atom. The highest BCUT2D eigenvalue weighted by Crippen LogP contribution is 2.15. The Morgan fingerprint density at radius 3 is 2.44 bits per heavy atom. The van der Waals surface area contributed by atoms with Crippen molar-refractivity contribution in [2.45, 2.75) is 20.3 Å². The lowest BCUT2D eigenvalue weighted by molar-refractivity contribution is -0.111. The number of ketones is 1. The summed E-state index contributed by atoms with van der Waals surface area (Å²) in [5.41, 5.74) is 1.29. The summed E-state index contributed by atoms with van der Waals surface area (Å²) in [7, 11) is 0. The van der Waals surface area contributed by atoms with E-state index in [0.717, 1.165) is 6.42 Å². The molecule has 0 spiro atoms. The maximum atomic E-state index is 11.7. The van der Waals surface area contributed by atoms with Crippen molar-refractivity contribution in [3.63, 3.8) is 0 Å². The fraction of sp³-hybridized carbons (Fsp3) is 0.188. The van der Waals surface area contributed by atoms with E-state index in [9.17, 15) is 9.90 Å². The summed E-state index contributed by atoms with van der Waals surface area (Å²) in [5.74, 6) is -0.151. The van der Waals surface area contributed by atoms with Gasteiger partial charge in [-0.1, -0.05) is 62.4 Å². The van der Waals surface area contributed by atoms with Gasteiger partial charge in [-0.25, -0.2) is 0 Å². The largest absolute Gasteiger partial charge is 0.507 e. The number of rotatable bonds is 3. The van der Waals surface area contributed by atoms with Crippen molar-refractivity contribution < 1.29 is 9.90 Å². The van der Waals surface area contributed by atoms with Crippen LogP contribution in [-0.4, -0.2) is 10.9 Å². The van der Waals surface area contributed by atoms with Crippen LogP contribution in [0.4, 0.5) is 0 Å². The molecule has 2 nitrogen and oxygen atoms in total. The van der Waals surface area contributed by atoms with Crippen molar-refractivity contribution >= 4 is 11.5 Å². The maximum Gasteiger partial charge on any atom is 0.189 e. The van der Waals surface area contributed by atoms with Gasteiger partial charge in [-0.2, -0.15) is 0 Å². The van der Waals surface area contributed by atoms with Crippen LogP contribution in [0.2, 0.25) is 0 Å². The minimum Gasteiger partial charge on any atom is -0.507 e. The molecule has 0 amide bonds. The van der Waals surface area contributed by atoms with Crippen LogP contribution < -0.4 is 0 Å². The Balaban J connectivity index is 0.000000771. The first-order valence-corrected chi connectivity index (χ1v) is 6.14. The van der Waals surface area contributed by atoms with E-state index in [-0.39, 0.29) is 11.5 Å². The van der Waals surface area contributed by atoms with Gasteiger partial charge in [0.2, 0.25) is 0 Å². The van der Waals surface area contributed by atoms with Crippen molar-refractivity contribution in [1.82, 2.24) is 0 Å². The number of aliphatic hydroxyl groups excluding tert-OH is 1. The van der Waals surface area contributed by atoms with Crippen molar-refractivity contribution in [2.24, 2.45) is 0 Å². The summed E-state index contributed by atoms with van der Waals surface area (Å²) in [5, 5.41) is 9.74. The summed E-state index contributed by atoms with van der Waals surface area (Å²) in [6, 6.07) is 9.02. The second-order valence-electron chi connectivity index (χ2n) is 3.56. The normalized spacial score (nSPS) is 13.7. The summed E-state index contributed by atoms with van der Waals surface area (Å²) in [6.07, 6.45) is 7.59. The van der Waals surface area contributed by atoms with Crippen molar-refractivity contribution in [1.29, 1.82) is 0 Å². The molecule has 0 saturated carbocycles. The molecule has 1 aromatic carbocycles. The van der Waals surface area contributed by atoms with E-state index in [1.807, 2.05) is 44.2 Å². The zero-order valence-electron chi connectivity index (χ0n) is 10.8. The predicted molar refractivity (Wildman–Crippen MR) is 75.2 cm³/mol. The van der Waals surface area contributed by atoms with Gasteiger partial charge in [0.15, 0.2) is 5.78 Å². The molecular formula is C16H18O2. The number of hydrogen-bond acceptors (Lipinski definition) is 2. The molecule has 0 fully saturated rings. The third kappa shape index (κ3) is 3.74. The molecule has 0 heterocycles. The molecule has 0 unspecified atom stereocenters. The van der Waals surface area contributed by atoms with Gasteiger partial charge in [-0.15, -0.1) is 0 Å². The Labute approximate surface area is 108 Å². The lowest BCUT2D eigenvalue weighted by Gasteiger charge is -1.99. The lowest BCUT2D eigenvalue weighted by atomic mass is 10.1. The maximum absolute atomic E-state index is 11.7. The van der Waals surface area contributed by atoms with E-state index < -0.39 is 0 Å². The molecule has 0 saturated heterocycles. The first kappa shape index (κ1) is 14.0. The zero-order chi connectivity index (χ0) is 13.4. The van der Waals surface area contributed by atoms with Crippen LogP contribution >= 0.6 is 0 Å². The van der Waals surface area contributed by atoms with Crippen LogP contribution in [-0.2, 0) is 4.79 Å². The van der Waals surface area contributed by atoms with Gasteiger partial charge >= 0.3 is 0 Å². The standard InChI is InChI=1S/C14H12O2.C2H6/c15-13(11-6-2-1-3-7-11)10-14(16)12-8-4-5-9-12;1-2/h1-4,6-10,15H,5H2;1-2H3/b13-10-;. The number of benzene rings is 1. The monoisotopic (exact) mass is 242 g/mol. The second-order valence-corrected chi connectivity index (χ2v) is 3.56.